The first-order chi connectivity index (χ1) is 12.6. The molecule has 2 aromatic rings. The summed E-state index contributed by atoms with van der Waals surface area (Å²) in [5, 5.41) is 0. The highest BCUT2D eigenvalue weighted by Crippen LogP contribution is 2.26. The van der Waals surface area contributed by atoms with Crippen molar-refractivity contribution in [2.24, 2.45) is 5.73 Å². The number of rotatable bonds is 6. The lowest BCUT2D eigenvalue weighted by Crippen LogP contribution is -2.52. The van der Waals surface area contributed by atoms with E-state index in [0.29, 0.717) is 44.2 Å². The molecule has 0 radical (unpaired) electrons. The van der Waals surface area contributed by atoms with Gasteiger partial charge >= 0.3 is 5.97 Å². The number of nitrogens with zero attached hydrogens (tertiary/aromatic N) is 3. The molecule has 26 heavy (non-hydrogen) atoms. The van der Waals surface area contributed by atoms with E-state index in [9.17, 15) is 4.79 Å². The van der Waals surface area contributed by atoms with Crippen molar-refractivity contribution in [1.82, 2.24) is 9.97 Å². The van der Waals surface area contributed by atoms with Gasteiger partial charge in [0.25, 0.3) is 0 Å². The number of anilines is 1. The highest BCUT2D eigenvalue weighted by atomic mass is 16.5. The van der Waals surface area contributed by atoms with E-state index in [1.807, 2.05) is 30.3 Å². The Kier molecular flexibility index (Phi) is 5.68. The van der Waals surface area contributed by atoms with E-state index in [4.69, 9.17) is 15.2 Å². The van der Waals surface area contributed by atoms with Gasteiger partial charge in [-0.2, -0.15) is 0 Å². The molecule has 0 unspecified atom stereocenters. The number of carbonyl (C=O) groups excluding carboxylic acids is 1. The van der Waals surface area contributed by atoms with Gasteiger partial charge in [0.05, 0.1) is 25.9 Å². The third-order valence-electron chi connectivity index (χ3n) is 4.63. The summed E-state index contributed by atoms with van der Waals surface area (Å²) in [6, 6.07) is 9.95. The van der Waals surface area contributed by atoms with Crippen molar-refractivity contribution in [3.63, 3.8) is 0 Å². The topological polar surface area (TPSA) is 90.6 Å². The molecule has 3 rings (SSSR count). The number of benzene rings is 1. The molecule has 1 saturated heterocycles. The number of esters is 1. The number of hydrogen-bond acceptors (Lipinski definition) is 7. The third-order valence-corrected chi connectivity index (χ3v) is 4.63. The van der Waals surface area contributed by atoms with Gasteiger partial charge in [-0.3, -0.25) is 4.79 Å². The van der Waals surface area contributed by atoms with Crippen LogP contribution >= 0.6 is 0 Å². The van der Waals surface area contributed by atoms with Gasteiger partial charge < -0.3 is 20.1 Å². The predicted molar refractivity (Wildman–Crippen MR) is 97.8 cm³/mol. The quantitative estimate of drug-likeness (QED) is 0.791. The summed E-state index contributed by atoms with van der Waals surface area (Å²) < 4.78 is 10.4. The van der Waals surface area contributed by atoms with Crippen molar-refractivity contribution in [2.45, 2.75) is 31.4 Å². The SMILES string of the molecule is COC(=O)CC1(N)CCN(c2ncc(OCc3ccccc3)cn2)CC1. The van der Waals surface area contributed by atoms with E-state index in [1.54, 1.807) is 12.4 Å². The molecule has 1 aliphatic heterocycles. The van der Waals surface area contributed by atoms with Crippen LogP contribution in [0.15, 0.2) is 42.7 Å². The Morgan fingerprint density at radius 1 is 1.19 bits per heavy atom. The number of nitrogens with two attached hydrogens (primary N) is 1. The fraction of sp³-hybridized carbons (Fsp3) is 0.421. The van der Waals surface area contributed by atoms with Crippen LogP contribution in [0.25, 0.3) is 0 Å². The molecule has 2 N–H and O–H groups in total. The van der Waals surface area contributed by atoms with Crippen LogP contribution in [0.1, 0.15) is 24.8 Å². The second-order valence-electron chi connectivity index (χ2n) is 6.60. The van der Waals surface area contributed by atoms with Crippen molar-refractivity contribution in [2.75, 3.05) is 25.1 Å². The van der Waals surface area contributed by atoms with Crippen LogP contribution < -0.4 is 15.4 Å². The third kappa shape index (κ3) is 4.70. The van der Waals surface area contributed by atoms with Gasteiger partial charge in [0, 0.05) is 18.6 Å². The van der Waals surface area contributed by atoms with Gasteiger partial charge in [-0.1, -0.05) is 30.3 Å². The van der Waals surface area contributed by atoms with Crippen molar-refractivity contribution in [1.29, 1.82) is 0 Å². The minimum absolute atomic E-state index is 0.241. The zero-order valence-electron chi connectivity index (χ0n) is 14.9. The summed E-state index contributed by atoms with van der Waals surface area (Å²) >= 11 is 0. The summed E-state index contributed by atoms with van der Waals surface area (Å²) in [4.78, 5) is 22.4. The molecule has 0 spiro atoms. The van der Waals surface area contributed by atoms with Gasteiger partial charge in [0.1, 0.15) is 6.61 Å². The molecule has 7 heteroatoms. The maximum atomic E-state index is 11.5. The number of ether oxygens (including phenoxy) is 2. The van der Waals surface area contributed by atoms with E-state index in [0.717, 1.165) is 5.56 Å². The number of hydrogen-bond donors (Lipinski definition) is 1. The Labute approximate surface area is 153 Å². The van der Waals surface area contributed by atoms with Crippen molar-refractivity contribution < 1.29 is 14.3 Å². The number of aromatic nitrogens is 2. The zero-order valence-corrected chi connectivity index (χ0v) is 14.9. The average Bonchev–Trinajstić information content (AvgIpc) is 2.68. The highest BCUT2D eigenvalue weighted by molar-refractivity contribution is 5.70. The van der Waals surface area contributed by atoms with E-state index in [1.165, 1.54) is 7.11 Å². The van der Waals surface area contributed by atoms with Gasteiger partial charge in [-0.05, 0) is 18.4 Å². The number of piperidine rings is 1. The number of carbonyl (C=O) groups is 1. The molecule has 1 fully saturated rings. The van der Waals surface area contributed by atoms with Gasteiger partial charge in [-0.25, -0.2) is 9.97 Å². The lowest BCUT2D eigenvalue weighted by molar-refractivity contribution is -0.142. The van der Waals surface area contributed by atoms with E-state index in [2.05, 4.69) is 14.9 Å². The molecule has 0 amide bonds. The Balaban J connectivity index is 1.52. The number of methoxy groups -OCH3 is 1. The first-order valence-corrected chi connectivity index (χ1v) is 8.67. The molecule has 0 bridgehead atoms. The maximum absolute atomic E-state index is 11.5. The van der Waals surface area contributed by atoms with Crippen LogP contribution in [-0.4, -0.2) is 41.7 Å². The maximum Gasteiger partial charge on any atom is 0.307 e. The van der Waals surface area contributed by atoms with Crippen molar-refractivity contribution in [3.8, 4) is 5.75 Å². The van der Waals surface area contributed by atoms with Crippen LogP contribution in [-0.2, 0) is 16.1 Å². The van der Waals surface area contributed by atoms with Crippen molar-refractivity contribution in [3.05, 3.63) is 48.3 Å². The van der Waals surface area contributed by atoms with E-state index >= 15 is 0 Å². The van der Waals surface area contributed by atoms with Gasteiger partial charge in [0.15, 0.2) is 5.75 Å². The lowest BCUT2D eigenvalue weighted by Gasteiger charge is -2.38. The van der Waals surface area contributed by atoms with Crippen LogP contribution in [0.3, 0.4) is 0 Å². The minimum atomic E-state index is -0.512. The second-order valence-corrected chi connectivity index (χ2v) is 6.60. The van der Waals surface area contributed by atoms with Crippen LogP contribution in [0, 0.1) is 0 Å². The smallest absolute Gasteiger partial charge is 0.307 e. The minimum Gasteiger partial charge on any atom is -0.486 e. The molecule has 0 aliphatic carbocycles. The molecular formula is C19H24N4O3. The first-order valence-electron chi connectivity index (χ1n) is 8.67. The standard InChI is InChI=1S/C19H24N4O3/c1-25-17(24)11-19(20)7-9-23(10-8-19)18-21-12-16(13-22-18)26-14-15-5-3-2-4-6-15/h2-6,12-13H,7-11,14,20H2,1H3. The summed E-state index contributed by atoms with van der Waals surface area (Å²) in [6.45, 7) is 1.89. The van der Waals surface area contributed by atoms with Crippen LogP contribution in [0.5, 0.6) is 5.75 Å². The molecule has 1 aromatic heterocycles. The molecule has 1 aromatic carbocycles. The Bertz CT molecular complexity index is 713. The molecule has 1 aliphatic rings. The highest BCUT2D eigenvalue weighted by Gasteiger charge is 2.34. The molecule has 7 nitrogen and oxygen atoms in total. The van der Waals surface area contributed by atoms with Crippen molar-refractivity contribution >= 4 is 11.9 Å². The normalized spacial score (nSPS) is 16.2. The Morgan fingerprint density at radius 3 is 2.46 bits per heavy atom. The van der Waals surface area contributed by atoms with Gasteiger partial charge in [0.2, 0.25) is 5.95 Å². The fourth-order valence-corrected chi connectivity index (χ4v) is 2.98. The second kappa shape index (κ2) is 8.14. The molecule has 2 heterocycles. The van der Waals surface area contributed by atoms with Crippen LogP contribution in [0.2, 0.25) is 0 Å². The molecule has 0 atom stereocenters. The zero-order chi connectivity index (χ0) is 18.4. The summed E-state index contributed by atoms with van der Waals surface area (Å²) in [6.07, 6.45) is 4.99. The monoisotopic (exact) mass is 356 g/mol. The Hall–Kier alpha value is -2.67. The molecular weight excluding hydrogens is 332 g/mol. The van der Waals surface area contributed by atoms with E-state index < -0.39 is 5.54 Å². The van der Waals surface area contributed by atoms with Gasteiger partial charge in [-0.15, -0.1) is 0 Å². The Morgan fingerprint density at radius 2 is 1.85 bits per heavy atom. The predicted octanol–water partition coefficient (Wildman–Crippen LogP) is 1.92. The first kappa shape index (κ1) is 18.1. The summed E-state index contributed by atoms with van der Waals surface area (Å²) in [5.41, 5.74) is 6.89. The summed E-state index contributed by atoms with van der Waals surface area (Å²) in [5.74, 6) is 1.02. The van der Waals surface area contributed by atoms with E-state index in [-0.39, 0.29) is 12.4 Å². The largest absolute Gasteiger partial charge is 0.486 e. The van der Waals surface area contributed by atoms with Crippen LogP contribution in [0.4, 0.5) is 5.95 Å². The average molecular weight is 356 g/mol. The molecule has 138 valence electrons. The summed E-state index contributed by atoms with van der Waals surface area (Å²) in [7, 11) is 1.39. The lowest BCUT2D eigenvalue weighted by atomic mass is 9.85. The molecule has 0 saturated carbocycles. The fourth-order valence-electron chi connectivity index (χ4n) is 2.98.